The highest BCUT2D eigenvalue weighted by Crippen LogP contribution is 2.34. The van der Waals surface area contributed by atoms with Gasteiger partial charge in [-0.15, -0.1) is 0 Å². The van der Waals surface area contributed by atoms with Crippen LogP contribution in [-0.4, -0.2) is 67.6 Å². The number of nitrogens with one attached hydrogen (secondary N) is 3. The molecule has 1 aromatic rings. The molecular weight excluding hydrogens is 382 g/mol. The van der Waals surface area contributed by atoms with Gasteiger partial charge in [0.05, 0.1) is 0 Å². The number of urea groups is 1. The standard InChI is InChI=1S/C22H31N5O3/c28-19(17-7-9-22(10-8-17)20(29)24-21(30)25-22)23-11-4-12-26-13-15-27(16-14-26)18-5-2-1-3-6-18/h1-3,5-6,17H,4,7-16H2,(H,23,28)(H2,24,25,29,30). The van der Waals surface area contributed by atoms with Crippen LogP contribution in [-0.2, 0) is 9.59 Å². The lowest BCUT2D eigenvalue weighted by Crippen LogP contribution is -2.51. The molecule has 2 saturated heterocycles. The molecule has 1 aliphatic carbocycles. The average Bonchev–Trinajstić information content (AvgIpc) is 3.05. The molecule has 4 rings (SSSR count). The Bertz CT molecular complexity index is 768. The first-order valence-electron chi connectivity index (χ1n) is 11.0. The first-order chi connectivity index (χ1) is 14.6. The van der Waals surface area contributed by atoms with Crippen molar-refractivity contribution >= 4 is 23.5 Å². The van der Waals surface area contributed by atoms with E-state index < -0.39 is 11.6 Å². The highest BCUT2D eigenvalue weighted by Gasteiger charge is 2.48. The van der Waals surface area contributed by atoms with Crippen LogP contribution in [0.1, 0.15) is 32.1 Å². The zero-order chi connectivity index (χ0) is 21.0. The lowest BCUT2D eigenvalue weighted by Gasteiger charge is -2.36. The van der Waals surface area contributed by atoms with Gasteiger partial charge in [-0.1, -0.05) is 18.2 Å². The molecule has 3 fully saturated rings. The predicted octanol–water partition coefficient (Wildman–Crippen LogP) is 1.08. The first-order valence-corrected chi connectivity index (χ1v) is 11.0. The van der Waals surface area contributed by atoms with Gasteiger partial charge in [-0.2, -0.15) is 0 Å². The summed E-state index contributed by atoms with van der Waals surface area (Å²) in [6.07, 6.45) is 3.23. The fourth-order valence-electron chi connectivity index (χ4n) is 4.78. The zero-order valence-electron chi connectivity index (χ0n) is 17.4. The van der Waals surface area contributed by atoms with Gasteiger partial charge in [0.1, 0.15) is 5.54 Å². The molecular formula is C22H31N5O3. The Morgan fingerprint density at radius 1 is 1.07 bits per heavy atom. The number of carbonyl (C=O) groups is 3. The highest BCUT2D eigenvalue weighted by atomic mass is 16.2. The minimum atomic E-state index is -0.796. The maximum Gasteiger partial charge on any atom is 0.322 e. The summed E-state index contributed by atoms with van der Waals surface area (Å²) >= 11 is 0. The maximum atomic E-state index is 12.5. The molecule has 1 spiro atoms. The number of nitrogens with zero attached hydrogens (tertiary/aromatic N) is 2. The molecule has 2 heterocycles. The molecule has 4 amide bonds. The summed E-state index contributed by atoms with van der Waals surface area (Å²) in [5.41, 5.74) is 0.490. The summed E-state index contributed by atoms with van der Waals surface area (Å²) in [6, 6.07) is 10.1. The second-order valence-electron chi connectivity index (χ2n) is 8.57. The number of anilines is 1. The number of hydrogen-bond acceptors (Lipinski definition) is 5. The summed E-state index contributed by atoms with van der Waals surface area (Å²) in [5, 5.41) is 8.11. The largest absolute Gasteiger partial charge is 0.369 e. The molecule has 8 heteroatoms. The van der Waals surface area contributed by atoms with Gasteiger partial charge in [0.25, 0.3) is 5.91 Å². The number of hydrogen-bond donors (Lipinski definition) is 3. The molecule has 3 aliphatic rings. The van der Waals surface area contributed by atoms with E-state index in [2.05, 4.69) is 50.0 Å². The number of imide groups is 1. The number of benzene rings is 1. The smallest absolute Gasteiger partial charge is 0.322 e. The Kier molecular flexibility index (Phi) is 6.22. The third kappa shape index (κ3) is 4.59. The molecule has 1 saturated carbocycles. The van der Waals surface area contributed by atoms with Gasteiger partial charge < -0.3 is 15.5 Å². The Morgan fingerprint density at radius 2 is 1.77 bits per heavy atom. The molecule has 0 bridgehead atoms. The van der Waals surface area contributed by atoms with E-state index in [4.69, 9.17) is 0 Å². The second-order valence-corrected chi connectivity index (χ2v) is 8.57. The summed E-state index contributed by atoms with van der Waals surface area (Å²) in [6.45, 7) is 5.82. The van der Waals surface area contributed by atoms with Gasteiger partial charge in [-0.25, -0.2) is 4.79 Å². The Labute approximate surface area is 177 Å². The summed E-state index contributed by atoms with van der Waals surface area (Å²) in [5.74, 6) is -0.252. The summed E-state index contributed by atoms with van der Waals surface area (Å²) in [4.78, 5) is 40.8. The topological polar surface area (TPSA) is 93.8 Å². The van der Waals surface area contributed by atoms with E-state index in [1.807, 2.05) is 6.07 Å². The lowest BCUT2D eigenvalue weighted by atomic mass is 9.76. The van der Waals surface area contributed by atoms with Crippen molar-refractivity contribution in [1.82, 2.24) is 20.9 Å². The van der Waals surface area contributed by atoms with Gasteiger partial charge in [-0.3, -0.25) is 19.8 Å². The minimum Gasteiger partial charge on any atom is -0.369 e. The molecule has 0 unspecified atom stereocenters. The fraction of sp³-hybridized carbons (Fsp3) is 0.591. The molecule has 2 aliphatic heterocycles. The van der Waals surface area contributed by atoms with E-state index in [0.717, 1.165) is 39.1 Å². The van der Waals surface area contributed by atoms with Crippen LogP contribution in [0.2, 0.25) is 0 Å². The van der Waals surface area contributed by atoms with Crippen molar-refractivity contribution in [2.75, 3.05) is 44.2 Å². The van der Waals surface area contributed by atoms with E-state index >= 15 is 0 Å². The first kappa shape index (κ1) is 20.7. The number of amides is 4. The minimum absolute atomic E-state index is 0.0727. The van der Waals surface area contributed by atoms with Crippen LogP contribution in [0, 0.1) is 5.92 Å². The van der Waals surface area contributed by atoms with Crippen molar-refractivity contribution in [3.8, 4) is 0 Å². The SMILES string of the molecule is O=C1NC(=O)C2(CCC(C(=O)NCCCN3CCN(c4ccccc4)CC3)CC2)N1. The molecule has 0 radical (unpaired) electrons. The monoisotopic (exact) mass is 413 g/mol. The van der Waals surface area contributed by atoms with E-state index in [9.17, 15) is 14.4 Å². The molecule has 3 N–H and O–H groups in total. The van der Waals surface area contributed by atoms with Gasteiger partial charge in [-0.05, 0) is 50.8 Å². The zero-order valence-corrected chi connectivity index (χ0v) is 17.4. The van der Waals surface area contributed by atoms with Crippen molar-refractivity contribution in [2.45, 2.75) is 37.6 Å². The molecule has 8 nitrogen and oxygen atoms in total. The van der Waals surface area contributed by atoms with Crippen LogP contribution >= 0.6 is 0 Å². The Hall–Kier alpha value is -2.61. The van der Waals surface area contributed by atoms with E-state index in [0.29, 0.717) is 32.2 Å². The molecule has 1 aromatic carbocycles. The average molecular weight is 414 g/mol. The summed E-state index contributed by atoms with van der Waals surface area (Å²) in [7, 11) is 0. The van der Waals surface area contributed by atoms with Crippen LogP contribution in [0.15, 0.2) is 30.3 Å². The fourth-order valence-corrected chi connectivity index (χ4v) is 4.78. The molecule has 30 heavy (non-hydrogen) atoms. The van der Waals surface area contributed by atoms with Crippen LogP contribution in [0.3, 0.4) is 0 Å². The second kappa shape index (κ2) is 9.04. The van der Waals surface area contributed by atoms with Crippen molar-refractivity contribution in [3.63, 3.8) is 0 Å². The van der Waals surface area contributed by atoms with E-state index in [-0.39, 0.29) is 17.7 Å². The molecule has 0 aromatic heterocycles. The van der Waals surface area contributed by atoms with Crippen molar-refractivity contribution in [2.24, 2.45) is 5.92 Å². The lowest BCUT2D eigenvalue weighted by molar-refractivity contribution is -0.130. The van der Waals surface area contributed by atoms with Gasteiger partial charge in [0.2, 0.25) is 5.91 Å². The van der Waals surface area contributed by atoms with Crippen LogP contribution in [0.5, 0.6) is 0 Å². The normalized spacial score (nSPS) is 27.1. The molecule has 162 valence electrons. The quantitative estimate of drug-likeness (QED) is 0.479. The van der Waals surface area contributed by atoms with Crippen molar-refractivity contribution in [1.29, 1.82) is 0 Å². The van der Waals surface area contributed by atoms with Crippen LogP contribution < -0.4 is 20.9 Å². The number of piperazine rings is 1. The van der Waals surface area contributed by atoms with E-state index in [1.165, 1.54) is 5.69 Å². The summed E-state index contributed by atoms with van der Waals surface area (Å²) < 4.78 is 0. The van der Waals surface area contributed by atoms with Crippen molar-refractivity contribution < 1.29 is 14.4 Å². The van der Waals surface area contributed by atoms with Crippen LogP contribution in [0.4, 0.5) is 10.5 Å². The maximum absolute atomic E-state index is 12.5. The van der Waals surface area contributed by atoms with Gasteiger partial charge in [0.15, 0.2) is 0 Å². The predicted molar refractivity (Wildman–Crippen MR) is 114 cm³/mol. The number of para-hydroxylation sites is 1. The number of carbonyl (C=O) groups excluding carboxylic acids is 3. The third-order valence-electron chi connectivity index (χ3n) is 6.67. The van der Waals surface area contributed by atoms with Gasteiger partial charge >= 0.3 is 6.03 Å². The molecule has 0 atom stereocenters. The Morgan fingerprint density at radius 3 is 2.40 bits per heavy atom. The van der Waals surface area contributed by atoms with Crippen molar-refractivity contribution in [3.05, 3.63) is 30.3 Å². The van der Waals surface area contributed by atoms with Gasteiger partial charge in [0, 0.05) is 44.3 Å². The number of rotatable bonds is 6. The highest BCUT2D eigenvalue weighted by molar-refractivity contribution is 6.07. The Balaban J connectivity index is 1.11. The van der Waals surface area contributed by atoms with E-state index in [1.54, 1.807) is 0 Å². The van der Waals surface area contributed by atoms with Crippen LogP contribution in [0.25, 0.3) is 0 Å². The third-order valence-corrected chi connectivity index (χ3v) is 6.67.